The van der Waals surface area contributed by atoms with Gasteiger partial charge in [-0.15, -0.1) is 0 Å². The number of anilines is 2. The van der Waals surface area contributed by atoms with Crippen LogP contribution in [0, 0.1) is 0 Å². The van der Waals surface area contributed by atoms with Gasteiger partial charge in [0.2, 0.25) is 5.91 Å². The van der Waals surface area contributed by atoms with Gasteiger partial charge in [-0.25, -0.2) is 0 Å². The summed E-state index contributed by atoms with van der Waals surface area (Å²) >= 11 is 0. The monoisotopic (exact) mass is 318 g/mol. The third-order valence-electron chi connectivity index (χ3n) is 4.78. The molecule has 2 rings (SSSR count). The van der Waals surface area contributed by atoms with Crippen LogP contribution in [0.25, 0.3) is 0 Å². The van der Waals surface area contributed by atoms with Gasteiger partial charge in [0, 0.05) is 37.6 Å². The predicted octanol–water partition coefficient (Wildman–Crippen LogP) is 2.19. The molecule has 0 saturated carbocycles. The molecule has 1 aromatic rings. The third kappa shape index (κ3) is 4.45. The number of carbonyl (C=O) groups is 1. The van der Waals surface area contributed by atoms with E-state index < -0.39 is 0 Å². The van der Waals surface area contributed by atoms with E-state index in [9.17, 15) is 4.79 Å². The van der Waals surface area contributed by atoms with E-state index in [2.05, 4.69) is 35.9 Å². The maximum atomic E-state index is 12.7. The molecule has 1 heterocycles. The van der Waals surface area contributed by atoms with Crippen molar-refractivity contribution in [1.82, 2.24) is 9.80 Å². The number of hydrogen-bond donors (Lipinski definition) is 2. The second-order valence-electron chi connectivity index (χ2n) is 6.15. The maximum Gasteiger partial charge on any atom is 0.241 e. The van der Waals surface area contributed by atoms with Crippen LogP contribution in [0.1, 0.15) is 32.8 Å². The number of likely N-dealkylation sites (N-methyl/N-ethyl adjacent to an activating group) is 1. The highest BCUT2D eigenvalue weighted by Crippen LogP contribution is 2.19. The van der Waals surface area contributed by atoms with Gasteiger partial charge in [0.1, 0.15) is 0 Å². The van der Waals surface area contributed by atoms with Crippen LogP contribution in [-0.2, 0) is 11.2 Å². The van der Waals surface area contributed by atoms with E-state index in [1.54, 1.807) is 0 Å². The third-order valence-corrected chi connectivity index (χ3v) is 4.78. The minimum Gasteiger partial charge on any atom is -0.398 e. The SMILES string of the molecule is CCc1ccc(NC(=O)C(CC)N2CCN(CC)CC2)cc1N. The van der Waals surface area contributed by atoms with Gasteiger partial charge in [0.05, 0.1) is 6.04 Å². The van der Waals surface area contributed by atoms with Crippen LogP contribution < -0.4 is 11.1 Å². The molecule has 1 aliphatic rings. The lowest BCUT2D eigenvalue weighted by molar-refractivity contribution is -0.122. The molecule has 3 N–H and O–H groups in total. The van der Waals surface area contributed by atoms with Crippen molar-refractivity contribution in [3.05, 3.63) is 23.8 Å². The Kier molecular flexibility index (Phi) is 6.42. The summed E-state index contributed by atoms with van der Waals surface area (Å²) in [5.74, 6) is 0.0705. The molecule has 1 unspecified atom stereocenters. The number of nitrogens with zero attached hydrogens (tertiary/aromatic N) is 2. The summed E-state index contributed by atoms with van der Waals surface area (Å²) in [5.41, 5.74) is 8.67. The van der Waals surface area contributed by atoms with Crippen LogP contribution in [0.4, 0.5) is 11.4 Å². The molecule has 23 heavy (non-hydrogen) atoms. The van der Waals surface area contributed by atoms with E-state index in [0.717, 1.165) is 62.5 Å². The molecular formula is C18H30N4O. The molecule has 1 aromatic carbocycles. The Morgan fingerprint density at radius 3 is 2.43 bits per heavy atom. The molecule has 5 heteroatoms. The van der Waals surface area contributed by atoms with Crippen molar-refractivity contribution in [2.24, 2.45) is 0 Å². The lowest BCUT2D eigenvalue weighted by Gasteiger charge is -2.38. The summed E-state index contributed by atoms with van der Waals surface area (Å²) < 4.78 is 0. The normalized spacial score (nSPS) is 17.9. The summed E-state index contributed by atoms with van der Waals surface area (Å²) in [7, 11) is 0. The van der Waals surface area contributed by atoms with Crippen LogP contribution in [0.2, 0.25) is 0 Å². The lowest BCUT2D eigenvalue weighted by atomic mass is 10.1. The van der Waals surface area contributed by atoms with E-state index >= 15 is 0 Å². The average molecular weight is 318 g/mol. The van der Waals surface area contributed by atoms with E-state index in [-0.39, 0.29) is 11.9 Å². The zero-order valence-electron chi connectivity index (χ0n) is 14.6. The largest absolute Gasteiger partial charge is 0.398 e. The number of hydrogen-bond acceptors (Lipinski definition) is 4. The van der Waals surface area contributed by atoms with E-state index in [4.69, 9.17) is 5.73 Å². The van der Waals surface area contributed by atoms with Gasteiger partial charge >= 0.3 is 0 Å². The second-order valence-corrected chi connectivity index (χ2v) is 6.15. The number of nitrogen functional groups attached to an aromatic ring is 1. The molecule has 1 amide bonds. The number of nitrogens with one attached hydrogen (secondary N) is 1. The molecule has 0 aliphatic carbocycles. The average Bonchev–Trinajstić information content (AvgIpc) is 2.56. The van der Waals surface area contributed by atoms with E-state index in [0.29, 0.717) is 0 Å². The number of benzene rings is 1. The van der Waals surface area contributed by atoms with Crippen molar-refractivity contribution >= 4 is 17.3 Å². The maximum absolute atomic E-state index is 12.7. The Morgan fingerprint density at radius 1 is 1.22 bits per heavy atom. The zero-order chi connectivity index (χ0) is 16.8. The lowest BCUT2D eigenvalue weighted by Crippen LogP contribution is -2.53. The van der Waals surface area contributed by atoms with Crippen LogP contribution >= 0.6 is 0 Å². The topological polar surface area (TPSA) is 61.6 Å². The summed E-state index contributed by atoms with van der Waals surface area (Å²) in [6, 6.07) is 5.72. The van der Waals surface area contributed by atoms with Crippen molar-refractivity contribution in [2.45, 2.75) is 39.7 Å². The first-order valence-electron chi connectivity index (χ1n) is 8.74. The first-order valence-corrected chi connectivity index (χ1v) is 8.74. The highest BCUT2D eigenvalue weighted by molar-refractivity contribution is 5.95. The number of piperazine rings is 1. The first kappa shape index (κ1) is 17.8. The molecule has 5 nitrogen and oxygen atoms in total. The van der Waals surface area contributed by atoms with Crippen LogP contribution in [0.5, 0.6) is 0 Å². The summed E-state index contributed by atoms with van der Waals surface area (Å²) in [4.78, 5) is 17.4. The van der Waals surface area contributed by atoms with Gasteiger partial charge in [-0.2, -0.15) is 0 Å². The number of aryl methyl sites for hydroxylation is 1. The molecule has 0 spiro atoms. The number of rotatable bonds is 6. The summed E-state index contributed by atoms with van der Waals surface area (Å²) in [5, 5.41) is 3.03. The Balaban J connectivity index is 1.99. The fourth-order valence-electron chi connectivity index (χ4n) is 3.22. The Hall–Kier alpha value is -1.59. The van der Waals surface area contributed by atoms with Gasteiger partial charge in [-0.05, 0) is 37.1 Å². The standard InChI is InChI=1S/C18H30N4O/c1-4-14-7-8-15(13-16(14)19)20-18(23)17(5-2)22-11-9-21(6-3)10-12-22/h7-8,13,17H,4-6,9-12,19H2,1-3H3,(H,20,23). The number of amides is 1. The zero-order valence-corrected chi connectivity index (χ0v) is 14.6. The minimum absolute atomic E-state index is 0.0684. The minimum atomic E-state index is -0.0684. The van der Waals surface area contributed by atoms with Crippen LogP contribution in [-0.4, -0.2) is 54.5 Å². The number of nitrogens with two attached hydrogens (primary N) is 1. The molecular weight excluding hydrogens is 288 g/mol. The molecule has 0 radical (unpaired) electrons. The highest BCUT2D eigenvalue weighted by Gasteiger charge is 2.27. The smallest absolute Gasteiger partial charge is 0.241 e. The van der Waals surface area contributed by atoms with Gasteiger partial charge in [0.15, 0.2) is 0 Å². The van der Waals surface area contributed by atoms with Crippen molar-refractivity contribution in [1.29, 1.82) is 0 Å². The molecule has 1 atom stereocenters. The molecule has 1 fully saturated rings. The summed E-state index contributed by atoms with van der Waals surface area (Å²) in [6.07, 6.45) is 1.72. The molecule has 0 bridgehead atoms. The van der Waals surface area contributed by atoms with Gasteiger partial charge in [0.25, 0.3) is 0 Å². The van der Waals surface area contributed by atoms with Crippen molar-refractivity contribution in [3.8, 4) is 0 Å². The second kappa shape index (κ2) is 8.31. The molecule has 1 saturated heterocycles. The van der Waals surface area contributed by atoms with E-state index in [1.165, 1.54) is 0 Å². The quantitative estimate of drug-likeness (QED) is 0.789. The summed E-state index contributed by atoms with van der Waals surface area (Å²) in [6.45, 7) is 11.4. The van der Waals surface area contributed by atoms with Gasteiger partial charge in [-0.3, -0.25) is 9.69 Å². The van der Waals surface area contributed by atoms with Crippen LogP contribution in [0.15, 0.2) is 18.2 Å². The molecule has 0 aromatic heterocycles. The van der Waals surface area contributed by atoms with E-state index in [1.807, 2.05) is 18.2 Å². The van der Waals surface area contributed by atoms with Crippen molar-refractivity contribution in [2.75, 3.05) is 43.8 Å². The first-order chi connectivity index (χ1) is 11.1. The van der Waals surface area contributed by atoms with Gasteiger partial charge in [-0.1, -0.05) is 26.8 Å². The highest BCUT2D eigenvalue weighted by atomic mass is 16.2. The van der Waals surface area contributed by atoms with Crippen molar-refractivity contribution < 1.29 is 4.79 Å². The fourth-order valence-corrected chi connectivity index (χ4v) is 3.22. The van der Waals surface area contributed by atoms with Crippen LogP contribution in [0.3, 0.4) is 0 Å². The Labute approximate surface area is 139 Å². The van der Waals surface area contributed by atoms with Crippen molar-refractivity contribution in [3.63, 3.8) is 0 Å². The molecule has 128 valence electrons. The Bertz CT molecular complexity index is 524. The van der Waals surface area contributed by atoms with Gasteiger partial charge < -0.3 is 16.0 Å². The fraction of sp³-hybridized carbons (Fsp3) is 0.611. The predicted molar refractivity (Wildman–Crippen MR) is 96.6 cm³/mol. The molecule has 1 aliphatic heterocycles. The number of carbonyl (C=O) groups excluding carboxylic acids is 1. The Morgan fingerprint density at radius 2 is 1.91 bits per heavy atom.